The highest BCUT2D eigenvalue weighted by atomic mass is 32.1. The van der Waals surface area contributed by atoms with E-state index in [4.69, 9.17) is 14.6 Å². The zero-order valence-electron chi connectivity index (χ0n) is 16.7. The summed E-state index contributed by atoms with van der Waals surface area (Å²) < 4.78 is 36.7. The van der Waals surface area contributed by atoms with Crippen LogP contribution >= 0.6 is 11.3 Å². The number of carbonyl (C=O) groups excluding carboxylic acids is 2. The van der Waals surface area contributed by atoms with Crippen LogP contribution in [-0.2, 0) is 25.7 Å². The number of aryl methyl sites for hydroxylation is 1. The largest absolute Gasteiger partial charge is 0.490 e. The number of amides is 2. The molecule has 1 spiro atoms. The van der Waals surface area contributed by atoms with Crippen molar-refractivity contribution in [2.45, 2.75) is 50.9 Å². The molecule has 0 atom stereocenters. The molecule has 1 N–H and O–H groups in total. The molecule has 2 aliphatic rings. The lowest BCUT2D eigenvalue weighted by molar-refractivity contribution is -0.192. The normalized spacial score (nSPS) is 18.4. The number of nitrogens with zero attached hydrogens (tertiary/aromatic N) is 3. The first-order valence-corrected chi connectivity index (χ1v) is 10.1. The molecule has 3 rings (SSSR count). The molecule has 12 heteroatoms. The number of hydrogen-bond donors (Lipinski definition) is 1. The van der Waals surface area contributed by atoms with E-state index in [1.807, 2.05) is 22.1 Å². The van der Waals surface area contributed by atoms with Crippen molar-refractivity contribution in [1.82, 2.24) is 14.8 Å². The number of carbonyl (C=O) groups is 3. The Bertz CT molecular complexity index is 775. The van der Waals surface area contributed by atoms with Gasteiger partial charge < -0.3 is 19.6 Å². The molecular formula is C18H24F3N3O5S. The van der Waals surface area contributed by atoms with E-state index in [2.05, 4.69) is 4.98 Å². The number of ether oxygens (including phenoxy) is 1. The molecule has 0 aromatic carbocycles. The average molecular weight is 451 g/mol. The van der Waals surface area contributed by atoms with E-state index < -0.39 is 12.1 Å². The van der Waals surface area contributed by atoms with Gasteiger partial charge in [0.2, 0.25) is 11.8 Å². The first kappa shape index (κ1) is 24.1. The molecule has 3 heterocycles. The number of rotatable bonds is 4. The molecule has 0 aliphatic carbocycles. The summed E-state index contributed by atoms with van der Waals surface area (Å²) >= 11 is 1.62. The van der Waals surface area contributed by atoms with Gasteiger partial charge >= 0.3 is 12.1 Å². The SMILES string of the molecule is COCC(=O)N1CCC2(CCC(=O)N2Cc2csc(C)n2)CC1.O=C(O)C(F)(F)F. The Morgan fingerprint density at radius 3 is 2.37 bits per heavy atom. The summed E-state index contributed by atoms with van der Waals surface area (Å²) in [6.07, 6.45) is -1.90. The van der Waals surface area contributed by atoms with Crippen LogP contribution in [0.15, 0.2) is 5.38 Å². The van der Waals surface area contributed by atoms with E-state index in [1.54, 1.807) is 11.3 Å². The Morgan fingerprint density at radius 2 is 1.90 bits per heavy atom. The topological polar surface area (TPSA) is 100 Å². The van der Waals surface area contributed by atoms with Crippen molar-refractivity contribution in [3.05, 3.63) is 16.1 Å². The molecule has 1 aromatic rings. The first-order chi connectivity index (χ1) is 14.0. The maximum absolute atomic E-state index is 12.4. The van der Waals surface area contributed by atoms with Crippen molar-refractivity contribution in [3.8, 4) is 0 Å². The highest BCUT2D eigenvalue weighted by Gasteiger charge is 2.47. The van der Waals surface area contributed by atoms with Crippen LogP contribution in [0.1, 0.15) is 36.4 Å². The second-order valence-electron chi connectivity index (χ2n) is 7.18. The molecule has 0 bridgehead atoms. The average Bonchev–Trinajstić information content (AvgIpc) is 3.21. The smallest absolute Gasteiger partial charge is 0.475 e. The Labute approximate surface area is 175 Å². The highest BCUT2D eigenvalue weighted by Crippen LogP contribution is 2.40. The van der Waals surface area contributed by atoms with Crippen molar-refractivity contribution < 1.29 is 37.4 Å². The predicted octanol–water partition coefficient (Wildman–Crippen LogP) is 2.21. The zero-order chi connectivity index (χ0) is 22.5. The lowest BCUT2D eigenvalue weighted by Crippen LogP contribution is -2.54. The summed E-state index contributed by atoms with van der Waals surface area (Å²) in [6.45, 7) is 4.10. The van der Waals surface area contributed by atoms with Crippen LogP contribution in [0.4, 0.5) is 13.2 Å². The molecule has 0 saturated carbocycles. The molecule has 0 unspecified atom stereocenters. The Morgan fingerprint density at radius 1 is 1.30 bits per heavy atom. The van der Waals surface area contributed by atoms with Crippen molar-refractivity contribution in [2.75, 3.05) is 26.8 Å². The number of thiazole rings is 1. The fourth-order valence-corrected chi connectivity index (χ4v) is 4.28. The van der Waals surface area contributed by atoms with Crippen LogP contribution in [0.5, 0.6) is 0 Å². The summed E-state index contributed by atoms with van der Waals surface area (Å²) in [4.78, 5) is 41.6. The number of alkyl halides is 3. The van der Waals surface area contributed by atoms with E-state index in [0.717, 1.165) is 30.0 Å². The van der Waals surface area contributed by atoms with Gasteiger partial charge in [-0.3, -0.25) is 9.59 Å². The minimum atomic E-state index is -5.08. The predicted molar refractivity (Wildman–Crippen MR) is 101 cm³/mol. The third-order valence-electron chi connectivity index (χ3n) is 5.22. The van der Waals surface area contributed by atoms with Crippen molar-refractivity contribution in [3.63, 3.8) is 0 Å². The van der Waals surface area contributed by atoms with E-state index in [0.29, 0.717) is 26.1 Å². The van der Waals surface area contributed by atoms with Gasteiger partial charge in [0.05, 0.1) is 17.2 Å². The third-order valence-corrected chi connectivity index (χ3v) is 6.04. The minimum absolute atomic E-state index is 0.0355. The second-order valence-corrected chi connectivity index (χ2v) is 8.24. The van der Waals surface area contributed by atoms with Crippen LogP contribution in [0.2, 0.25) is 0 Å². The second kappa shape index (κ2) is 9.73. The van der Waals surface area contributed by atoms with Gasteiger partial charge in [0, 0.05) is 37.5 Å². The Hall–Kier alpha value is -2.21. The maximum atomic E-state index is 12.4. The number of aromatic nitrogens is 1. The number of carboxylic acid groups (broad SMARTS) is 1. The summed E-state index contributed by atoms with van der Waals surface area (Å²) in [6, 6.07) is 0. The van der Waals surface area contributed by atoms with Crippen molar-refractivity contribution >= 4 is 29.1 Å². The number of likely N-dealkylation sites (tertiary alicyclic amines) is 2. The van der Waals surface area contributed by atoms with Gasteiger partial charge in [0.1, 0.15) is 6.61 Å². The Balaban J connectivity index is 0.000000396. The number of aliphatic carboxylic acids is 1. The van der Waals surface area contributed by atoms with Crippen molar-refractivity contribution in [2.24, 2.45) is 0 Å². The molecule has 30 heavy (non-hydrogen) atoms. The van der Waals surface area contributed by atoms with E-state index in [-0.39, 0.29) is 24.0 Å². The lowest BCUT2D eigenvalue weighted by atomic mass is 9.85. The molecular weight excluding hydrogens is 427 g/mol. The van der Waals surface area contributed by atoms with E-state index >= 15 is 0 Å². The summed E-state index contributed by atoms with van der Waals surface area (Å²) in [7, 11) is 1.54. The minimum Gasteiger partial charge on any atom is -0.475 e. The third kappa shape index (κ3) is 5.91. The van der Waals surface area contributed by atoms with Crippen LogP contribution < -0.4 is 0 Å². The zero-order valence-corrected chi connectivity index (χ0v) is 17.5. The molecule has 168 valence electrons. The summed E-state index contributed by atoms with van der Waals surface area (Å²) in [5.41, 5.74) is 0.873. The van der Waals surface area contributed by atoms with Gasteiger partial charge in [-0.25, -0.2) is 9.78 Å². The number of hydrogen-bond acceptors (Lipinski definition) is 6. The van der Waals surface area contributed by atoms with E-state index in [9.17, 15) is 22.8 Å². The Kier molecular flexibility index (Phi) is 7.81. The molecule has 2 amide bonds. The van der Waals surface area contributed by atoms with Crippen molar-refractivity contribution in [1.29, 1.82) is 0 Å². The van der Waals surface area contributed by atoms with Crippen LogP contribution in [-0.4, -0.2) is 76.2 Å². The fourth-order valence-electron chi connectivity index (χ4n) is 3.68. The number of methoxy groups -OCH3 is 1. The van der Waals surface area contributed by atoms with Crippen LogP contribution in [0, 0.1) is 6.92 Å². The van der Waals surface area contributed by atoms with Gasteiger partial charge in [0.25, 0.3) is 0 Å². The molecule has 2 fully saturated rings. The monoisotopic (exact) mass is 451 g/mol. The summed E-state index contributed by atoms with van der Waals surface area (Å²) in [5, 5.41) is 10.2. The van der Waals surface area contributed by atoms with Gasteiger partial charge in [-0.15, -0.1) is 11.3 Å². The molecule has 2 saturated heterocycles. The van der Waals surface area contributed by atoms with Gasteiger partial charge in [-0.2, -0.15) is 13.2 Å². The van der Waals surface area contributed by atoms with Crippen LogP contribution in [0.3, 0.4) is 0 Å². The van der Waals surface area contributed by atoms with Gasteiger partial charge in [-0.05, 0) is 26.2 Å². The van der Waals surface area contributed by atoms with Crippen LogP contribution in [0.25, 0.3) is 0 Å². The molecule has 8 nitrogen and oxygen atoms in total. The molecule has 1 aromatic heterocycles. The molecule has 2 aliphatic heterocycles. The van der Waals surface area contributed by atoms with E-state index in [1.165, 1.54) is 7.11 Å². The van der Waals surface area contributed by atoms with Gasteiger partial charge in [0.15, 0.2) is 0 Å². The maximum Gasteiger partial charge on any atom is 0.490 e. The lowest BCUT2D eigenvalue weighted by Gasteiger charge is -2.44. The highest BCUT2D eigenvalue weighted by molar-refractivity contribution is 7.09. The number of carboxylic acids is 1. The number of halogens is 3. The summed E-state index contributed by atoms with van der Waals surface area (Å²) in [5.74, 6) is -2.51. The standard InChI is InChI=1S/C16H23N3O3S.C2HF3O2/c1-12-17-13(11-23-12)9-19-14(20)3-4-16(19)5-7-18(8-6-16)15(21)10-22-2;3-2(4,5)1(6)7/h11H,3-10H2,1-2H3;(H,6,7). The van der Waals surface area contributed by atoms with Gasteiger partial charge in [-0.1, -0.05) is 0 Å². The first-order valence-electron chi connectivity index (χ1n) is 9.27. The number of piperidine rings is 1. The fraction of sp³-hybridized carbons (Fsp3) is 0.667. The molecule has 0 radical (unpaired) electrons. The quantitative estimate of drug-likeness (QED) is 0.754.